The molecule has 0 atom stereocenters. The van der Waals surface area contributed by atoms with Gasteiger partial charge in [0.15, 0.2) is 0 Å². The molecule has 2 aliphatic rings. The molecule has 1 spiro atoms. The number of hydrogen-bond acceptors (Lipinski definition) is 3. The van der Waals surface area contributed by atoms with Gasteiger partial charge in [0.25, 0.3) is 0 Å². The monoisotopic (exact) mass is 228 g/mol. The first kappa shape index (κ1) is 13.5. The Morgan fingerprint density at radius 3 is 2.23 bits per heavy atom. The Balaban J connectivity index is 0.000000720. The van der Waals surface area contributed by atoms with E-state index >= 15 is 0 Å². The molecular formula is C8H18Cl2N2O. The molecule has 2 saturated heterocycles. The molecule has 0 unspecified atom stereocenters. The molecule has 0 aromatic heterocycles. The minimum Gasteiger partial charge on any atom is -0.381 e. The molecule has 2 aliphatic heterocycles. The number of rotatable bonds is 0. The largest absolute Gasteiger partial charge is 0.381 e. The van der Waals surface area contributed by atoms with Crippen molar-refractivity contribution in [1.82, 2.24) is 10.6 Å². The zero-order valence-corrected chi connectivity index (χ0v) is 9.31. The van der Waals surface area contributed by atoms with Crippen molar-refractivity contribution in [3.63, 3.8) is 0 Å². The molecule has 2 heterocycles. The second kappa shape index (κ2) is 6.04. The van der Waals surface area contributed by atoms with Gasteiger partial charge in [0.05, 0.1) is 0 Å². The first-order chi connectivity index (χ1) is 5.41. The van der Waals surface area contributed by atoms with Crippen LogP contribution in [0.25, 0.3) is 0 Å². The van der Waals surface area contributed by atoms with Crippen LogP contribution < -0.4 is 10.6 Å². The van der Waals surface area contributed by atoms with Gasteiger partial charge in [-0.05, 0) is 12.8 Å². The van der Waals surface area contributed by atoms with E-state index in [9.17, 15) is 0 Å². The van der Waals surface area contributed by atoms with Crippen molar-refractivity contribution in [3.8, 4) is 0 Å². The van der Waals surface area contributed by atoms with E-state index in [1.165, 1.54) is 12.8 Å². The molecule has 0 saturated carbocycles. The van der Waals surface area contributed by atoms with Crippen molar-refractivity contribution < 1.29 is 4.74 Å². The molecule has 2 fully saturated rings. The highest BCUT2D eigenvalue weighted by Gasteiger charge is 2.33. The second-order valence-corrected chi connectivity index (χ2v) is 3.50. The van der Waals surface area contributed by atoms with Crippen molar-refractivity contribution in [2.24, 2.45) is 0 Å². The van der Waals surface area contributed by atoms with Crippen molar-refractivity contribution in [2.75, 3.05) is 32.8 Å². The van der Waals surface area contributed by atoms with E-state index in [1.807, 2.05) is 0 Å². The lowest BCUT2D eigenvalue weighted by molar-refractivity contribution is 0.0327. The summed E-state index contributed by atoms with van der Waals surface area (Å²) in [5.74, 6) is 0. The van der Waals surface area contributed by atoms with Gasteiger partial charge in [-0.15, -0.1) is 24.8 Å². The van der Waals surface area contributed by atoms with Gasteiger partial charge >= 0.3 is 0 Å². The number of hydrogen-bond donors (Lipinski definition) is 2. The average Bonchev–Trinajstić information content (AvgIpc) is 2.07. The molecular weight excluding hydrogens is 211 g/mol. The summed E-state index contributed by atoms with van der Waals surface area (Å²) < 4.78 is 5.33. The maximum Gasteiger partial charge on any atom is 0.0484 e. The first-order valence-corrected chi connectivity index (χ1v) is 4.45. The van der Waals surface area contributed by atoms with Crippen LogP contribution in [0.3, 0.4) is 0 Å². The highest BCUT2D eigenvalue weighted by Crippen LogP contribution is 2.20. The fourth-order valence-corrected chi connectivity index (χ4v) is 1.92. The van der Waals surface area contributed by atoms with Crippen LogP contribution >= 0.6 is 24.8 Å². The Kier molecular flexibility index (Phi) is 6.25. The quantitative estimate of drug-likeness (QED) is 0.637. The third kappa shape index (κ3) is 3.26. The molecule has 2 rings (SSSR count). The fraction of sp³-hybridized carbons (Fsp3) is 1.00. The molecule has 2 N–H and O–H groups in total. The molecule has 0 aromatic rings. The minimum atomic E-state index is 0. The summed E-state index contributed by atoms with van der Waals surface area (Å²) in [6.07, 6.45) is 2.33. The predicted octanol–water partition coefficient (Wildman–Crippen LogP) is 0.572. The van der Waals surface area contributed by atoms with Crippen molar-refractivity contribution in [2.45, 2.75) is 18.4 Å². The van der Waals surface area contributed by atoms with Crippen LogP contribution in [-0.2, 0) is 4.74 Å². The van der Waals surface area contributed by atoms with Gasteiger partial charge in [-0.1, -0.05) is 0 Å². The van der Waals surface area contributed by atoms with Crippen LogP contribution in [0.4, 0.5) is 0 Å². The lowest BCUT2D eigenvalue weighted by Gasteiger charge is -2.41. The standard InChI is InChI=1S/C8H16N2O.2ClH/c1-5-11-6-2-8(1)7-9-3-4-10-8;;/h9-10H,1-7H2;2*1H. The van der Waals surface area contributed by atoms with Gasteiger partial charge in [-0.3, -0.25) is 0 Å². The van der Waals surface area contributed by atoms with Gasteiger partial charge in [-0.25, -0.2) is 0 Å². The van der Waals surface area contributed by atoms with Crippen LogP contribution in [0.5, 0.6) is 0 Å². The zero-order valence-electron chi connectivity index (χ0n) is 7.67. The smallest absolute Gasteiger partial charge is 0.0484 e. The van der Waals surface area contributed by atoms with Crippen molar-refractivity contribution in [1.29, 1.82) is 0 Å². The SMILES string of the molecule is C1CNC2(CCOCC2)CN1.Cl.Cl. The predicted molar refractivity (Wildman–Crippen MR) is 58.2 cm³/mol. The van der Waals surface area contributed by atoms with Crippen LogP contribution in [0.1, 0.15) is 12.8 Å². The van der Waals surface area contributed by atoms with Gasteiger partial charge < -0.3 is 15.4 Å². The number of nitrogens with one attached hydrogen (secondary N) is 2. The highest BCUT2D eigenvalue weighted by molar-refractivity contribution is 5.85. The zero-order chi connectivity index (χ0) is 7.57. The third-order valence-electron chi connectivity index (χ3n) is 2.72. The number of halogens is 2. The number of piperazine rings is 1. The van der Waals surface area contributed by atoms with Crippen LogP contribution in [0.2, 0.25) is 0 Å². The van der Waals surface area contributed by atoms with Crippen LogP contribution in [-0.4, -0.2) is 38.4 Å². The van der Waals surface area contributed by atoms with Gasteiger partial charge in [0.2, 0.25) is 0 Å². The topological polar surface area (TPSA) is 33.3 Å². The van der Waals surface area contributed by atoms with Crippen LogP contribution in [0, 0.1) is 0 Å². The Morgan fingerprint density at radius 1 is 1.00 bits per heavy atom. The van der Waals surface area contributed by atoms with Crippen LogP contribution in [0.15, 0.2) is 0 Å². The summed E-state index contributed by atoms with van der Waals surface area (Å²) in [6, 6.07) is 0. The summed E-state index contributed by atoms with van der Waals surface area (Å²) in [5, 5.41) is 7.02. The van der Waals surface area contributed by atoms with E-state index in [-0.39, 0.29) is 24.8 Å². The molecule has 0 radical (unpaired) electrons. The fourth-order valence-electron chi connectivity index (χ4n) is 1.92. The Labute approximate surface area is 91.8 Å². The molecule has 5 heteroatoms. The summed E-state index contributed by atoms with van der Waals surface area (Å²) in [7, 11) is 0. The molecule has 0 amide bonds. The van der Waals surface area contributed by atoms with Gasteiger partial charge in [-0.2, -0.15) is 0 Å². The lowest BCUT2D eigenvalue weighted by atomic mass is 9.89. The van der Waals surface area contributed by atoms with Gasteiger partial charge in [0, 0.05) is 38.4 Å². The Morgan fingerprint density at radius 2 is 1.69 bits per heavy atom. The third-order valence-corrected chi connectivity index (χ3v) is 2.72. The maximum atomic E-state index is 5.33. The minimum absolute atomic E-state index is 0. The Bertz CT molecular complexity index is 115. The second-order valence-electron chi connectivity index (χ2n) is 3.50. The first-order valence-electron chi connectivity index (χ1n) is 4.45. The van der Waals surface area contributed by atoms with E-state index in [2.05, 4.69) is 10.6 Å². The van der Waals surface area contributed by atoms with Crippen molar-refractivity contribution in [3.05, 3.63) is 0 Å². The van der Waals surface area contributed by atoms with E-state index in [1.54, 1.807) is 0 Å². The summed E-state index contributed by atoms with van der Waals surface area (Å²) in [4.78, 5) is 0. The maximum absolute atomic E-state index is 5.33. The average molecular weight is 229 g/mol. The molecule has 0 aliphatic carbocycles. The van der Waals surface area contributed by atoms with E-state index < -0.39 is 0 Å². The summed E-state index contributed by atoms with van der Waals surface area (Å²) in [5.41, 5.74) is 0.372. The summed E-state index contributed by atoms with van der Waals surface area (Å²) in [6.45, 7) is 5.20. The molecule has 0 aromatic carbocycles. The number of ether oxygens (including phenoxy) is 1. The highest BCUT2D eigenvalue weighted by atomic mass is 35.5. The normalized spacial score (nSPS) is 25.8. The summed E-state index contributed by atoms with van der Waals surface area (Å²) >= 11 is 0. The van der Waals surface area contributed by atoms with Gasteiger partial charge in [0.1, 0.15) is 0 Å². The van der Waals surface area contributed by atoms with E-state index in [0.717, 1.165) is 32.8 Å². The Hall–Kier alpha value is 0.460. The molecule has 3 nitrogen and oxygen atoms in total. The van der Waals surface area contributed by atoms with E-state index in [0.29, 0.717) is 5.54 Å². The van der Waals surface area contributed by atoms with E-state index in [4.69, 9.17) is 4.74 Å². The lowest BCUT2D eigenvalue weighted by Crippen LogP contribution is -2.61. The van der Waals surface area contributed by atoms with Crippen molar-refractivity contribution >= 4 is 24.8 Å². The molecule has 13 heavy (non-hydrogen) atoms. The molecule has 0 bridgehead atoms. The molecule has 80 valence electrons.